The van der Waals surface area contributed by atoms with Gasteiger partial charge < -0.3 is 9.47 Å². The van der Waals surface area contributed by atoms with E-state index >= 15 is 0 Å². The molecule has 1 amide bonds. The van der Waals surface area contributed by atoms with Crippen LogP contribution in [0.2, 0.25) is 0 Å². The molecule has 2 aromatic heterocycles. The van der Waals surface area contributed by atoms with Crippen LogP contribution in [0.25, 0.3) is 5.78 Å². The molecule has 0 aliphatic heterocycles. The molecular formula is C23H22FN5O4. The van der Waals surface area contributed by atoms with Crippen molar-refractivity contribution >= 4 is 17.6 Å². The molecule has 0 spiro atoms. The maximum Gasteiger partial charge on any atom is 0.277 e. The van der Waals surface area contributed by atoms with Crippen LogP contribution in [0.1, 0.15) is 27.2 Å². The number of carbonyl (C=O) groups is 1. The standard InChI is InChI=1S/C23H22FN5O4/c1-13-14(2)25-22-26-23(27-29(22)20(13)30)28(12-15-5-8-17(24)9-6-15)21(31)16-7-10-18(32-3)19(11-16)33-4/h5-11H,12H2,1-4H3,(H,25,26,27). The van der Waals surface area contributed by atoms with Crippen LogP contribution in [-0.4, -0.2) is 39.7 Å². The Bertz CT molecular complexity index is 1390. The van der Waals surface area contributed by atoms with E-state index in [2.05, 4.69) is 15.1 Å². The number of halogens is 1. The van der Waals surface area contributed by atoms with Crippen LogP contribution in [-0.2, 0) is 6.54 Å². The second-order valence-corrected chi connectivity index (χ2v) is 7.40. The second kappa shape index (κ2) is 8.73. The molecule has 0 bridgehead atoms. The lowest BCUT2D eigenvalue weighted by molar-refractivity contribution is 0.0983. The SMILES string of the molecule is COc1ccc(C(=O)N(Cc2ccc(F)cc2)c2nc3nc(C)c(C)c(=O)n3[nH]2)cc1OC. The fraction of sp³-hybridized carbons (Fsp3) is 0.217. The molecular weight excluding hydrogens is 429 g/mol. The first-order valence-corrected chi connectivity index (χ1v) is 10.1. The topological polar surface area (TPSA) is 102 Å². The Kier molecular flexibility index (Phi) is 5.82. The van der Waals surface area contributed by atoms with Crippen molar-refractivity contribution in [3.8, 4) is 11.5 Å². The van der Waals surface area contributed by atoms with E-state index in [9.17, 15) is 14.0 Å². The van der Waals surface area contributed by atoms with Gasteiger partial charge in [0.25, 0.3) is 17.2 Å². The van der Waals surface area contributed by atoms with Gasteiger partial charge in [-0.15, -0.1) is 0 Å². The van der Waals surface area contributed by atoms with Crippen molar-refractivity contribution in [2.75, 3.05) is 19.1 Å². The number of ether oxygens (including phenoxy) is 2. The van der Waals surface area contributed by atoms with Gasteiger partial charge in [0, 0.05) is 16.8 Å². The minimum absolute atomic E-state index is 0.0694. The van der Waals surface area contributed by atoms with Crippen molar-refractivity contribution in [3.05, 3.63) is 81.0 Å². The first-order chi connectivity index (χ1) is 15.8. The molecule has 0 radical (unpaired) electrons. The Morgan fingerprint density at radius 3 is 2.42 bits per heavy atom. The summed E-state index contributed by atoms with van der Waals surface area (Å²) in [6, 6.07) is 10.6. The third kappa shape index (κ3) is 4.14. The number of methoxy groups -OCH3 is 2. The first kappa shape index (κ1) is 22.0. The number of benzene rings is 2. The molecule has 0 unspecified atom stereocenters. The molecule has 0 aliphatic carbocycles. The lowest BCUT2D eigenvalue weighted by Crippen LogP contribution is -2.31. The lowest BCUT2D eigenvalue weighted by Gasteiger charge is -2.20. The average molecular weight is 451 g/mol. The number of aromatic nitrogens is 4. The van der Waals surface area contributed by atoms with E-state index in [1.54, 1.807) is 44.2 Å². The van der Waals surface area contributed by atoms with Crippen molar-refractivity contribution < 1.29 is 18.7 Å². The number of anilines is 1. The number of nitrogens with one attached hydrogen (secondary N) is 1. The number of H-pyrrole nitrogens is 1. The van der Waals surface area contributed by atoms with Gasteiger partial charge in [-0.05, 0) is 49.7 Å². The van der Waals surface area contributed by atoms with E-state index in [0.29, 0.717) is 33.9 Å². The van der Waals surface area contributed by atoms with E-state index < -0.39 is 5.91 Å². The number of hydrogen-bond donors (Lipinski definition) is 1. The van der Waals surface area contributed by atoms with Gasteiger partial charge in [-0.1, -0.05) is 12.1 Å². The minimum Gasteiger partial charge on any atom is -0.493 e. The fourth-order valence-corrected chi connectivity index (χ4v) is 3.35. The molecule has 0 atom stereocenters. The summed E-state index contributed by atoms with van der Waals surface area (Å²) < 4.78 is 25.2. The summed E-state index contributed by atoms with van der Waals surface area (Å²) in [4.78, 5) is 36.3. The molecule has 0 aliphatic rings. The number of nitrogens with zero attached hydrogens (tertiary/aromatic N) is 4. The zero-order valence-electron chi connectivity index (χ0n) is 18.5. The smallest absolute Gasteiger partial charge is 0.277 e. The van der Waals surface area contributed by atoms with Crippen molar-refractivity contribution in [3.63, 3.8) is 0 Å². The molecule has 4 aromatic rings. The summed E-state index contributed by atoms with van der Waals surface area (Å²) in [5, 5.41) is 2.87. The van der Waals surface area contributed by atoms with Crippen LogP contribution >= 0.6 is 0 Å². The summed E-state index contributed by atoms with van der Waals surface area (Å²) in [5.41, 5.74) is 1.69. The Hall–Kier alpha value is -4.21. The van der Waals surface area contributed by atoms with Crippen LogP contribution in [0.5, 0.6) is 11.5 Å². The quantitative estimate of drug-likeness (QED) is 0.484. The Morgan fingerprint density at radius 2 is 1.76 bits per heavy atom. The fourth-order valence-electron chi connectivity index (χ4n) is 3.35. The highest BCUT2D eigenvalue weighted by atomic mass is 19.1. The van der Waals surface area contributed by atoms with Crippen LogP contribution in [0.4, 0.5) is 10.3 Å². The van der Waals surface area contributed by atoms with Gasteiger partial charge in [0.05, 0.1) is 20.8 Å². The van der Waals surface area contributed by atoms with Crippen LogP contribution in [0, 0.1) is 19.7 Å². The van der Waals surface area contributed by atoms with Gasteiger partial charge >= 0.3 is 0 Å². The Balaban J connectivity index is 1.82. The molecule has 2 aromatic carbocycles. The molecule has 10 heteroatoms. The largest absolute Gasteiger partial charge is 0.493 e. The van der Waals surface area contributed by atoms with Crippen molar-refractivity contribution in [1.82, 2.24) is 19.6 Å². The summed E-state index contributed by atoms with van der Waals surface area (Å²) in [6.07, 6.45) is 0. The number of aryl methyl sites for hydroxylation is 1. The molecule has 33 heavy (non-hydrogen) atoms. The van der Waals surface area contributed by atoms with Crippen molar-refractivity contribution in [1.29, 1.82) is 0 Å². The van der Waals surface area contributed by atoms with E-state index in [-0.39, 0.29) is 29.6 Å². The summed E-state index contributed by atoms with van der Waals surface area (Å²) in [7, 11) is 2.98. The van der Waals surface area contributed by atoms with Gasteiger partial charge in [-0.25, -0.2) is 9.37 Å². The molecule has 4 rings (SSSR count). The number of carbonyl (C=O) groups excluding carboxylic acids is 1. The van der Waals surface area contributed by atoms with Crippen molar-refractivity contribution in [2.45, 2.75) is 20.4 Å². The molecule has 0 saturated carbocycles. The highest BCUT2D eigenvalue weighted by Gasteiger charge is 2.24. The number of fused-ring (bicyclic) bond motifs is 1. The predicted molar refractivity (Wildman–Crippen MR) is 120 cm³/mol. The summed E-state index contributed by atoms with van der Waals surface area (Å²) in [5.74, 6) is 0.321. The van der Waals surface area contributed by atoms with E-state index in [0.717, 1.165) is 0 Å². The number of rotatable bonds is 6. The van der Waals surface area contributed by atoms with Gasteiger partial charge in [0.15, 0.2) is 11.5 Å². The van der Waals surface area contributed by atoms with Gasteiger partial charge in [-0.3, -0.25) is 19.6 Å². The minimum atomic E-state index is -0.416. The number of aromatic amines is 1. The molecule has 0 fully saturated rings. The van der Waals surface area contributed by atoms with Gasteiger partial charge in [-0.2, -0.15) is 9.50 Å². The zero-order chi connectivity index (χ0) is 23.7. The van der Waals surface area contributed by atoms with Crippen LogP contribution < -0.4 is 19.9 Å². The number of amides is 1. The predicted octanol–water partition coefficient (Wildman–Crippen LogP) is 3.04. The maximum absolute atomic E-state index is 13.6. The number of hydrogen-bond acceptors (Lipinski definition) is 6. The van der Waals surface area contributed by atoms with Crippen molar-refractivity contribution in [2.24, 2.45) is 0 Å². The lowest BCUT2D eigenvalue weighted by atomic mass is 10.1. The highest BCUT2D eigenvalue weighted by molar-refractivity contribution is 6.05. The third-order valence-electron chi connectivity index (χ3n) is 5.34. The van der Waals surface area contributed by atoms with E-state index in [1.807, 2.05) is 0 Å². The zero-order valence-corrected chi connectivity index (χ0v) is 18.5. The average Bonchev–Trinajstić information content (AvgIpc) is 3.25. The van der Waals surface area contributed by atoms with E-state index in [4.69, 9.17) is 9.47 Å². The molecule has 1 N–H and O–H groups in total. The molecule has 2 heterocycles. The van der Waals surface area contributed by atoms with Crippen LogP contribution in [0.3, 0.4) is 0 Å². The molecule has 0 saturated heterocycles. The summed E-state index contributed by atoms with van der Waals surface area (Å²) >= 11 is 0. The Labute approximate surface area is 188 Å². The summed E-state index contributed by atoms with van der Waals surface area (Å²) in [6.45, 7) is 3.46. The molecule has 9 nitrogen and oxygen atoms in total. The Morgan fingerprint density at radius 1 is 1.06 bits per heavy atom. The van der Waals surface area contributed by atoms with E-state index in [1.165, 1.54) is 35.8 Å². The maximum atomic E-state index is 13.6. The molecule has 170 valence electrons. The highest BCUT2D eigenvalue weighted by Crippen LogP contribution is 2.29. The van der Waals surface area contributed by atoms with Gasteiger partial charge in [0.2, 0.25) is 5.95 Å². The third-order valence-corrected chi connectivity index (χ3v) is 5.34. The van der Waals surface area contributed by atoms with Gasteiger partial charge in [0.1, 0.15) is 5.82 Å². The van der Waals surface area contributed by atoms with Crippen LogP contribution in [0.15, 0.2) is 47.3 Å². The monoisotopic (exact) mass is 451 g/mol. The normalized spacial score (nSPS) is 10.9. The first-order valence-electron chi connectivity index (χ1n) is 10.1. The second-order valence-electron chi connectivity index (χ2n) is 7.40.